The zero-order valence-corrected chi connectivity index (χ0v) is 13.7. The lowest BCUT2D eigenvalue weighted by Crippen LogP contribution is -2.49. The highest BCUT2D eigenvalue weighted by Crippen LogP contribution is 2.11. The largest absolute Gasteiger partial charge is 0.300 e. The zero-order valence-electron chi connectivity index (χ0n) is 12.9. The number of nitrogens with zero attached hydrogens (tertiary/aromatic N) is 2. The molecular formula is C16H26N2O2S. The fourth-order valence-corrected chi connectivity index (χ4v) is 4.25. The standard InChI is InChI=1S/C16H26N2O2S/c1-2-3-15-21(19,20)18-13-11-17(12-14-18)10-9-16-7-5-4-6-8-16/h4-8H,2-3,9-15H2,1H3. The SMILES string of the molecule is CCCCS(=O)(=O)N1CCN(CCc2ccccc2)CC1. The van der Waals surface area contributed by atoms with Crippen LogP contribution in [0.2, 0.25) is 0 Å². The highest BCUT2D eigenvalue weighted by Gasteiger charge is 2.25. The van der Waals surface area contributed by atoms with Gasteiger partial charge in [-0.3, -0.25) is 0 Å². The average molecular weight is 310 g/mol. The van der Waals surface area contributed by atoms with Crippen molar-refractivity contribution in [1.29, 1.82) is 0 Å². The van der Waals surface area contributed by atoms with Crippen molar-refractivity contribution in [3.05, 3.63) is 35.9 Å². The van der Waals surface area contributed by atoms with Gasteiger partial charge in [-0.05, 0) is 18.4 Å². The summed E-state index contributed by atoms with van der Waals surface area (Å²) in [6.07, 6.45) is 2.72. The molecule has 4 nitrogen and oxygen atoms in total. The lowest BCUT2D eigenvalue weighted by molar-refractivity contribution is 0.190. The molecule has 0 saturated carbocycles. The van der Waals surface area contributed by atoms with Gasteiger partial charge in [-0.25, -0.2) is 8.42 Å². The molecule has 0 aromatic heterocycles. The molecule has 118 valence electrons. The Morgan fingerprint density at radius 3 is 2.33 bits per heavy atom. The molecule has 0 bridgehead atoms. The number of unbranched alkanes of at least 4 members (excludes halogenated alkanes) is 1. The third-order valence-electron chi connectivity index (χ3n) is 4.04. The van der Waals surface area contributed by atoms with Crippen molar-refractivity contribution >= 4 is 10.0 Å². The van der Waals surface area contributed by atoms with Crippen molar-refractivity contribution in [1.82, 2.24) is 9.21 Å². The van der Waals surface area contributed by atoms with E-state index in [0.29, 0.717) is 18.8 Å². The van der Waals surface area contributed by atoms with Crippen LogP contribution in [0.15, 0.2) is 30.3 Å². The summed E-state index contributed by atoms with van der Waals surface area (Å²) in [5, 5.41) is 0. The number of hydrogen-bond donors (Lipinski definition) is 0. The Bertz CT molecular complexity index is 508. The van der Waals surface area contributed by atoms with E-state index in [1.54, 1.807) is 4.31 Å². The molecule has 0 aliphatic carbocycles. The van der Waals surface area contributed by atoms with Gasteiger partial charge in [-0.2, -0.15) is 4.31 Å². The number of hydrogen-bond acceptors (Lipinski definition) is 3. The Kier molecular flexibility index (Phi) is 6.21. The summed E-state index contributed by atoms with van der Waals surface area (Å²) in [6.45, 7) is 6.00. The minimum atomic E-state index is -3.03. The molecule has 1 heterocycles. The minimum Gasteiger partial charge on any atom is -0.300 e. The fourth-order valence-electron chi connectivity index (χ4n) is 2.62. The van der Waals surface area contributed by atoms with Gasteiger partial charge in [0.25, 0.3) is 0 Å². The Labute approximate surface area is 128 Å². The number of sulfonamides is 1. The van der Waals surface area contributed by atoms with Crippen LogP contribution in [-0.2, 0) is 16.4 Å². The summed E-state index contributed by atoms with van der Waals surface area (Å²) in [4.78, 5) is 2.36. The number of rotatable bonds is 7. The first-order chi connectivity index (χ1) is 10.1. The van der Waals surface area contributed by atoms with Gasteiger partial charge in [0, 0.05) is 32.7 Å². The van der Waals surface area contributed by atoms with E-state index in [9.17, 15) is 8.42 Å². The molecule has 1 fully saturated rings. The summed E-state index contributed by atoms with van der Waals surface area (Å²) < 4.78 is 25.9. The van der Waals surface area contributed by atoms with Crippen LogP contribution in [-0.4, -0.2) is 56.1 Å². The molecule has 1 saturated heterocycles. The van der Waals surface area contributed by atoms with Crippen molar-refractivity contribution in [3.63, 3.8) is 0 Å². The van der Waals surface area contributed by atoms with Crippen molar-refractivity contribution in [2.24, 2.45) is 0 Å². The van der Waals surface area contributed by atoms with Crippen molar-refractivity contribution in [2.45, 2.75) is 26.2 Å². The molecule has 1 aromatic carbocycles. The molecule has 0 unspecified atom stereocenters. The molecule has 0 radical (unpaired) electrons. The smallest absolute Gasteiger partial charge is 0.214 e. The van der Waals surface area contributed by atoms with Gasteiger partial charge in [-0.15, -0.1) is 0 Å². The van der Waals surface area contributed by atoms with Gasteiger partial charge in [0.15, 0.2) is 0 Å². The Hall–Kier alpha value is -0.910. The maximum absolute atomic E-state index is 12.1. The van der Waals surface area contributed by atoms with E-state index in [1.165, 1.54) is 5.56 Å². The Morgan fingerprint density at radius 2 is 1.71 bits per heavy atom. The molecule has 1 aromatic rings. The third kappa shape index (κ3) is 5.09. The summed E-state index contributed by atoms with van der Waals surface area (Å²) in [5.41, 5.74) is 1.34. The summed E-state index contributed by atoms with van der Waals surface area (Å²) in [6, 6.07) is 10.4. The van der Waals surface area contributed by atoms with E-state index < -0.39 is 10.0 Å². The van der Waals surface area contributed by atoms with E-state index in [0.717, 1.165) is 38.9 Å². The normalized spacial score (nSPS) is 18.0. The molecule has 0 atom stereocenters. The van der Waals surface area contributed by atoms with Crippen molar-refractivity contribution < 1.29 is 8.42 Å². The zero-order chi connectivity index (χ0) is 15.1. The topological polar surface area (TPSA) is 40.6 Å². The fraction of sp³-hybridized carbons (Fsp3) is 0.625. The quantitative estimate of drug-likeness (QED) is 0.773. The van der Waals surface area contributed by atoms with Crippen LogP contribution in [0.1, 0.15) is 25.3 Å². The van der Waals surface area contributed by atoms with Crippen LogP contribution in [0, 0.1) is 0 Å². The van der Waals surface area contributed by atoms with Crippen LogP contribution in [0.4, 0.5) is 0 Å². The summed E-state index contributed by atoms with van der Waals surface area (Å²) in [5.74, 6) is 0.299. The van der Waals surface area contributed by atoms with Crippen molar-refractivity contribution in [3.8, 4) is 0 Å². The Balaban J connectivity index is 1.75. The first-order valence-electron chi connectivity index (χ1n) is 7.86. The molecule has 1 aliphatic rings. The molecular weight excluding hydrogens is 284 g/mol. The second-order valence-electron chi connectivity index (χ2n) is 5.65. The number of piperazine rings is 1. The van der Waals surface area contributed by atoms with E-state index in [2.05, 4.69) is 29.2 Å². The summed E-state index contributed by atoms with van der Waals surface area (Å²) in [7, 11) is -3.03. The highest BCUT2D eigenvalue weighted by molar-refractivity contribution is 7.89. The second kappa shape index (κ2) is 7.92. The van der Waals surface area contributed by atoms with Crippen molar-refractivity contribution in [2.75, 3.05) is 38.5 Å². The third-order valence-corrected chi connectivity index (χ3v) is 6.00. The van der Waals surface area contributed by atoms with Crippen LogP contribution in [0.25, 0.3) is 0 Å². The highest BCUT2D eigenvalue weighted by atomic mass is 32.2. The molecule has 0 amide bonds. The van der Waals surface area contributed by atoms with Crippen LogP contribution in [0.5, 0.6) is 0 Å². The van der Waals surface area contributed by atoms with E-state index in [-0.39, 0.29) is 0 Å². The maximum atomic E-state index is 12.1. The minimum absolute atomic E-state index is 0.299. The monoisotopic (exact) mass is 310 g/mol. The first kappa shape index (κ1) is 16.5. The van der Waals surface area contributed by atoms with Crippen LogP contribution >= 0.6 is 0 Å². The van der Waals surface area contributed by atoms with Gasteiger partial charge in [0.2, 0.25) is 10.0 Å². The van der Waals surface area contributed by atoms with Gasteiger partial charge in [0.05, 0.1) is 5.75 Å². The lowest BCUT2D eigenvalue weighted by atomic mass is 10.1. The first-order valence-corrected chi connectivity index (χ1v) is 9.47. The Morgan fingerprint density at radius 1 is 1.05 bits per heavy atom. The van der Waals surface area contributed by atoms with E-state index >= 15 is 0 Å². The average Bonchev–Trinajstić information content (AvgIpc) is 2.52. The molecule has 5 heteroatoms. The molecule has 21 heavy (non-hydrogen) atoms. The van der Waals surface area contributed by atoms with Crippen LogP contribution in [0.3, 0.4) is 0 Å². The lowest BCUT2D eigenvalue weighted by Gasteiger charge is -2.34. The van der Waals surface area contributed by atoms with Gasteiger partial charge in [-0.1, -0.05) is 43.7 Å². The van der Waals surface area contributed by atoms with Crippen LogP contribution < -0.4 is 0 Å². The predicted molar refractivity (Wildman–Crippen MR) is 86.9 cm³/mol. The predicted octanol–water partition coefficient (Wildman–Crippen LogP) is 1.98. The molecule has 0 N–H and O–H groups in total. The maximum Gasteiger partial charge on any atom is 0.214 e. The summed E-state index contributed by atoms with van der Waals surface area (Å²) >= 11 is 0. The molecule has 0 spiro atoms. The van der Waals surface area contributed by atoms with E-state index in [4.69, 9.17) is 0 Å². The van der Waals surface area contributed by atoms with E-state index in [1.807, 2.05) is 13.0 Å². The van der Waals surface area contributed by atoms with Gasteiger partial charge < -0.3 is 4.90 Å². The molecule has 2 rings (SSSR count). The van der Waals surface area contributed by atoms with Gasteiger partial charge >= 0.3 is 0 Å². The van der Waals surface area contributed by atoms with Gasteiger partial charge in [0.1, 0.15) is 0 Å². The second-order valence-corrected chi connectivity index (χ2v) is 7.73. The number of benzene rings is 1. The molecule has 1 aliphatic heterocycles.